The quantitative estimate of drug-likeness (QED) is 0.425. The number of hydrogen-bond acceptors (Lipinski definition) is 3. The summed E-state index contributed by atoms with van der Waals surface area (Å²) in [5.41, 5.74) is -0.360. The van der Waals surface area contributed by atoms with Crippen molar-refractivity contribution in [1.29, 1.82) is 0 Å². The second kappa shape index (κ2) is 8.17. The molecule has 0 radical (unpaired) electrons. The molecule has 8 atom stereocenters. The summed E-state index contributed by atoms with van der Waals surface area (Å²) in [6.07, 6.45) is 14.0. The van der Waals surface area contributed by atoms with Gasteiger partial charge in [0.1, 0.15) is 5.78 Å². The van der Waals surface area contributed by atoms with E-state index in [9.17, 15) is 9.90 Å². The third-order valence-corrected chi connectivity index (χ3v) is 12.5. The lowest BCUT2D eigenvalue weighted by Gasteiger charge is -2.69. The van der Waals surface area contributed by atoms with E-state index in [-0.39, 0.29) is 27.3 Å². The summed E-state index contributed by atoms with van der Waals surface area (Å²) in [5.74, 6) is 2.60. The van der Waals surface area contributed by atoms with E-state index in [0.717, 1.165) is 19.3 Å². The van der Waals surface area contributed by atoms with Crippen LogP contribution in [-0.2, 0) is 9.53 Å². The van der Waals surface area contributed by atoms with Crippen molar-refractivity contribution < 1.29 is 14.6 Å². The number of ketones is 1. The first kappa shape index (κ1) is 26.4. The van der Waals surface area contributed by atoms with Gasteiger partial charge in [-0.1, -0.05) is 46.8 Å². The second-order valence-corrected chi connectivity index (χ2v) is 14.7. The maximum Gasteiger partial charge on any atom is 0.138 e. The third kappa shape index (κ3) is 3.69. The average molecular weight is 473 g/mol. The molecule has 0 aromatic carbocycles. The van der Waals surface area contributed by atoms with Crippen molar-refractivity contribution >= 4 is 5.78 Å². The first-order valence-electron chi connectivity index (χ1n) is 14.0. The first-order valence-corrected chi connectivity index (χ1v) is 14.0. The van der Waals surface area contributed by atoms with Crippen LogP contribution in [0.15, 0.2) is 12.2 Å². The molecule has 4 rings (SSSR count). The molecule has 0 heterocycles. The molecule has 4 aliphatic carbocycles. The number of rotatable bonds is 5. The summed E-state index contributed by atoms with van der Waals surface area (Å²) < 4.78 is 5.54. The number of Topliss-reactive ketones (excluding diaryl/α,β-unsaturated/α-hetero) is 1. The van der Waals surface area contributed by atoms with Gasteiger partial charge >= 0.3 is 0 Å². The summed E-state index contributed by atoms with van der Waals surface area (Å²) in [5, 5.41) is 11.7. The van der Waals surface area contributed by atoms with Gasteiger partial charge in [-0.15, -0.1) is 0 Å². The lowest BCUT2D eigenvalue weighted by atomic mass is 9.35. The van der Waals surface area contributed by atoms with Crippen LogP contribution in [0.25, 0.3) is 0 Å². The number of hydrogen-bond donors (Lipinski definition) is 1. The Morgan fingerprint density at radius 1 is 0.941 bits per heavy atom. The van der Waals surface area contributed by atoms with E-state index in [1.54, 1.807) is 7.11 Å². The molecule has 3 nitrogen and oxygen atoms in total. The van der Waals surface area contributed by atoms with Crippen molar-refractivity contribution in [3.8, 4) is 0 Å². The minimum Gasteiger partial charge on any atom is -0.390 e. The fraction of sp³-hybridized carbons (Fsp3) is 0.903. The van der Waals surface area contributed by atoms with Gasteiger partial charge in [0.05, 0.1) is 11.2 Å². The lowest BCUT2D eigenvalue weighted by molar-refractivity contribution is -0.206. The minimum absolute atomic E-state index is 0.184. The van der Waals surface area contributed by atoms with E-state index in [0.29, 0.717) is 35.9 Å². The molecule has 1 N–H and O–H groups in total. The molecule has 0 aromatic heterocycles. The van der Waals surface area contributed by atoms with Crippen molar-refractivity contribution in [2.24, 2.45) is 45.3 Å². The minimum atomic E-state index is -0.688. The Morgan fingerprint density at radius 3 is 2.24 bits per heavy atom. The summed E-state index contributed by atoms with van der Waals surface area (Å²) in [4.78, 5) is 12.9. The Kier molecular flexibility index (Phi) is 6.34. The molecule has 4 fully saturated rings. The molecule has 0 unspecified atom stereocenters. The molecule has 4 saturated carbocycles. The van der Waals surface area contributed by atoms with E-state index < -0.39 is 5.60 Å². The van der Waals surface area contributed by atoms with Gasteiger partial charge in [-0.25, -0.2) is 0 Å². The zero-order valence-electron chi connectivity index (χ0n) is 23.6. The number of fused-ring (bicyclic) bond motifs is 5. The molecule has 0 saturated heterocycles. The normalized spacial score (nSPS) is 46.0. The van der Waals surface area contributed by atoms with Crippen LogP contribution in [0.2, 0.25) is 0 Å². The zero-order chi connectivity index (χ0) is 25.4. The molecular weight excluding hydrogens is 420 g/mol. The molecule has 0 amide bonds. The number of aliphatic hydroxyl groups is 1. The van der Waals surface area contributed by atoms with Crippen LogP contribution in [0.1, 0.15) is 113 Å². The van der Waals surface area contributed by atoms with Gasteiger partial charge < -0.3 is 9.84 Å². The number of carbonyl (C=O) groups is 1. The van der Waals surface area contributed by atoms with Crippen LogP contribution in [0, 0.1) is 45.3 Å². The SMILES string of the molecule is COC(C)(C)/C=C/C[C@](C)(O)[C@H]1CC[C@]2(C)[C@@H]1CC[C@@H]1[C@@]3(C)CCC(=O)C(C)(C)[C@@H]3CC[C@]12C. The number of ether oxygens (including phenoxy) is 1. The first-order chi connectivity index (χ1) is 15.6. The zero-order valence-corrected chi connectivity index (χ0v) is 23.6. The molecule has 194 valence electrons. The maximum atomic E-state index is 12.9. The van der Waals surface area contributed by atoms with Crippen LogP contribution in [0.3, 0.4) is 0 Å². The summed E-state index contributed by atoms with van der Waals surface area (Å²) >= 11 is 0. The molecule has 0 aliphatic heterocycles. The van der Waals surface area contributed by atoms with E-state index >= 15 is 0 Å². The number of carbonyl (C=O) groups excluding carboxylic acids is 1. The summed E-state index contributed by atoms with van der Waals surface area (Å²) in [7, 11) is 1.74. The van der Waals surface area contributed by atoms with E-state index in [1.165, 1.54) is 32.1 Å². The molecule has 0 spiro atoms. The van der Waals surface area contributed by atoms with Gasteiger partial charge in [-0.3, -0.25) is 4.79 Å². The highest BCUT2D eigenvalue weighted by Crippen LogP contribution is 2.75. The highest BCUT2D eigenvalue weighted by Gasteiger charge is 2.69. The largest absolute Gasteiger partial charge is 0.390 e. The fourth-order valence-electron chi connectivity index (χ4n) is 10.1. The third-order valence-electron chi connectivity index (χ3n) is 12.5. The van der Waals surface area contributed by atoms with Crippen molar-refractivity contribution in [3.63, 3.8) is 0 Å². The Bertz CT molecular complexity index is 838. The van der Waals surface area contributed by atoms with Gasteiger partial charge in [0.25, 0.3) is 0 Å². The maximum absolute atomic E-state index is 12.9. The molecule has 34 heavy (non-hydrogen) atoms. The lowest BCUT2D eigenvalue weighted by Crippen LogP contribution is -2.63. The standard InChI is InChI=1S/C31H52O3/c1-26(2,34-9)16-10-17-31(8,33)22-13-19-29(6)21(22)11-12-24-28(5)18-15-25(32)27(3,4)23(28)14-20-30(24,29)7/h10,16,21-24,33H,11-15,17-20H2,1-9H3/b16-10+/t21-,22+,23+,24-,28+,29-,30-,31+/m1/s1. The predicted molar refractivity (Wildman–Crippen MR) is 139 cm³/mol. The van der Waals surface area contributed by atoms with Crippen molar-refractivity contribution in [2.75, 3.05) is 7.11 Å². The van der Waals surface area contributed by atoms with Crippen LogP contribution in [0.4, 0.5) is 0 Å². The summed E-state index contributed by atoms with van der Waals surface area (Å²) in [6.45, 7) is 18.4. The van der Waals surface area contributed by atoms with Gasteiger partial charge in [0.15, 0.2) is 0 Å². The van der Waals surface area contributed by atoms with Crippen LogP contribution < -0.4 is 0 Å². The van der Waals surface area contributed by atoms with Crippen LogP contribution in [-0.4, -0.2) is 29.2 Å². The highest BCUT2D eigenvalue weighted by atomic mass is 16.5. The number of methoxy groups -OCH3 is 1. The van der Waals surface area contributed by atoms with Crippen molar-refractivity contribution in [3.05, 3.63) is 12.2 Å². The smallest absolute Gasteiger partial charge is 0.138 e. The van der Waals surface area contributed by atoms with Gasteiger partial charge in [-0.2, -0.15) is 0 Å². The molecule has 0 aromatic rings. The predicted octanol–water partition coefficient (Wildman–Crippen LogP) is 7.36. The fourth-order valence-corrected chi connectivity index (χ4v) is 10.1. The van der Waals surface area contributed by atoms with Crippen LogP contribution >= 0.6 is 0 Å². The van der Waals surface area contributed by atoms with Gasteiger partial charge in [-0.05, 0) is 112 Å². The monoisotopic (exact) mass is 472 g/mol. The van der Waals surface area contributed by atoms with Crippen molar-refractivity contribution in [1.82, 2.24) is 0 Å². The molecule has 0 bridgehead atoms. The Hall–Kier alpha value is -0.670. The Balaban J connectivity index is 1.60. The Morgan fingerprint density at radius 2 is 1.59 bits per heavy atom. The molecule has 4 aliphatic rings. The second-order valence-electron chi connectivity index (χ2n) is 14.7. The van der Waals surface area contributed by atoms with Gasteiger partial charge in [0, 0.05) is 18.9 Å². The van der Waals surface area contributed by atoms with E-state index in [1.807, 2.05) is 0 Å². The van der Waals surface area contributed by atoms with E-state index in [4.69, 9.17) is 4.74 Å². The topological polar surface area (TPSA) is 46.5 Å². The summed E-state index contributed by atoms with van der Waals surface area (Å²) in [6, 6.07) is 0. The van der Waals surface area contributed by atoms with E-state index in [2.05, 4.69) is 67.5 Å². The van der Waals surface area contributed by atoms with Crippen molar-refractivity contribution in [2.45, 2.75) is 124 Å². The molecule has 3 heteroatoms. The highest BCUT2D eigenvalue weighted by molar-refractivity contribution is 5.85. The average Bonchev–Trinajstić information content (AvgIpc) is 3.10. The molecular formula is C31H52O3. The Labute approximate surface area is 209 Å². The van der Waals surface area contributed by atoms with Crippen LogP contribution in [0.5, 0.6) is 0 Å². The van der Waals surface area contributed by atoms with Gasteiger partial charge in [0.2, 0.25) is 0 Å².